The molecule has 2 heterocycles. The number of fused-ring (bicyclic) bond motifs is 3. The summed E-state index contributed by atoms with van der Waals surface area (Å²) in [5.74, 6) is 0. The van der Waals surface area contributed by atoms with E-state index in [2.05, 4.69) is 73.7 Å². The van der Waals surface area contributed by atoms with Crippen LogP contribution in [-0.4, -0.2) is 4.57 Å². The molecule has 3 nitrogen and oxygen atoms in total. The van der Waals surface area contributed by atoms with Gasteiger partial charge in [-0.1, -0.05) is 30.3 Å². The van der Waals surface area contributed by atoms with Crippen LogP contribution in [0.1, 0.15) is 25.5 Å². The number of para-hydroxylation sites is 1. The molecule has 0 aliphatic rings. The highest BCUT2D eigenvalue weighted by molar-refractivity contribution is 6.09. The maximum atomic E-state index is 6.22. The smallest absolute Gasteiger partial charge is 0.244 e. The van der Waals surface area contributed by atoms with Crippen molar-refractivity contribution in [1.29, 1.82) is 0 Å². The van der Waals surface area contributed by atoms with E-state index in [4.69, 9.17) is 4.42 Å². The molecule has 0 aliphatic heterocycles. The second-order valence-electron chi connectivity index (χ2n) is 6.51. The quantitative estimate of drug-likeness (QED) is 0.489. The van der Waals surface area contributed by atoms with Gasteiger partial charge in [0.05, 0.1) is 18.7 Å². The summed E-state index contributed by atoms with van der Waals surface area (Å²) in [6.45, 7) is 6.53. The summed E-state index contributed by atoms with van der Waals surface area (Å²) in [7, 11) is 2.09. The predicted octanol–water partition coefficient (Wildman–Crippen LogP) is 4.77. The molecular formula is C20H21N2O+. The SMILES string of the molecule is Cc1ccc2c(oc3ccccc32)c1-c1c[n+](C(C)C)cn1C. The van der Waals surface area contributed by atoms with Gasteiger partial charge in [0.15, 0.2) is 5.69 Å². The van der Waals surface area contributed by atoms with Crippen LogP contribution in [0, 0.1) is 6.92 Å². The highest BCUT2D eigenvalue weighted by atomic mass is 16.3. The zero-order chi connectivity index (χ0) is 16.1. The molecule has 0 fully saturated rings. The molecule has 0 radical (unpaired) electrons. The third-order valence-electron chi connectivity index (χ3n) is 4.57. The Hall–Kier alpha value is -2.55. The van der Waals surface area contributed by atoms with Gasteiger partial charge in [0.1, 0.15) is 17.4 Å². The van der Waals surface area contributed by atoms with Crippen molar-refractivity contribution in [3.05, 3.63) is 54.5 Å². The van der Waals surface area contributed by atoms with E-state index in [1.807, 2.05) is 12.1 Å². The molecule has 0 amide bonds. The Bertz CT molecular complexity index is 1020. The van der Waals surface area contributed by atoms with Crippen LogP contribution in [0.4, 0.5) is 0 Å². The zero-order valence-electron chi connectivity index (χ0n) is 14.0. The summed E-state index contributed by atoms with van der Waals surface area (Å²) in [5.41, 5.74) is 5.51. The maximum Gasteiger partial charge on any atom is 0.244 e. The molecule has 2 aromatic carbocycles. The number of hydrogen-bond acceptors (Lipinski definition) is 1. The van der Waals surface area contributed by atoms with Gasteiger partial charge in [-0.2, -0.15) is 0 Å². The van der Waals surface area contributed by atoms with Crippen molar-refractivity contribution < 1.29 is 8.98 Å². The van der Waals surface area contributed by atoms with Gasteiger partial charge < -0.3 is 4.42 Å². The van der Waals surface area contributed by atoms with Crippen molar-refractivity contribution in [1.82, 2.24) is 4.57 Å². The third-order valence-corrected chi connectivity index (χ3v) is 4.57. The molecule has 0 saturated heterocycles. The van der Waals surface area contributed by atoms with Crippen molar-refractivity contribution in [2.75, 3.05) is 0 Å². The maximum absolute atomic E-state index is 6.22. The Morgan fingerprint density at radius 1 is 1.04 bits per heavy atom. The summed E-state index contributed by atoms with van der Waals surface area (Å²) in [6, 6.07) is 13.0. The van der Waals surface area contributed by atoms with E-state index in [-0.39, 0.29) is 0 Å². The van der Waals surface area contributed by atoms with E-state index in [0.717, 1.165) is 11.2 Å². The van der Waals surface area contributed by atoms with Crippen LogP contribution in [0.5, 0.6) is 0 Å². The molecular weight excluding hydrogens is 284 g/mol. The average molecular weight is 305 g/mol. The second-order valence-corrected chi connectivity index (χ2v) is 6.51. The Morgan fingerprint density at radius 3 is 2.57 bits per heavy atom. The monoisotopic (exact) mass is 305 g/mol. The fourth-order valence-corrected chi connectivity index (χ4v) is 3.26. The number of hydrogen-bond donors (Lipinski definition) is 0. The molecule has 23 heavy (non-hydrogen) atoms. The lowest BCUT2D eigenvalue weighted by atomic mass is 10.0. The largest absolute Gasteiger partial charge is 0.455 e. The minimum absolute atomic E-state index is 0.435. The van der Waals surface area contributed by atoms with Gasteiger partial charge in [-0.25, -0.2) is 9.13 Å². The topological polar surface area (TPSA) is 21.9 Å². The van der Waals surface area contributed by atoms with Gasteiger partial charge in [-0.3, -0.25) is 0 Å². The van der Waals surface area contributed by atoms with E-state index < -0.39 is 0 Å². The average Bonchev–Trinajstić information content (AvgIpc) is 3.08. The number of aryl methyl sites for hydroxylation is 2. The lowest BCUT2D eigenvalue weighted by Crippen LogP contribution is -2.33. The van der Waals surface area contributed by atoms with Gasteiger partial charge in [0.25, 0.3) is 0 Å². The van der Waals surface area contributed by atoms with E-state index in [9.17, 15) is 0 Å². The summed E-state index contributed by atoms with van der Waals surface area (Å²) < 4.78 is 10.6. The number of imidazole rings is 1. The van der Waals surface area contributed by atoms with Crippen LogP contribution in [0.3, 0.4) is 0 Å². The van der Waals surface area contributed by atoms with Crippen LogP contribution in [0.2, 0.25) is 0 Å². The van der Waals surface area contributed by atoms with Crippen LogP contribution in [0.15, 0.2) is 53.3 Å². The van der Waals surface area contributed by atoms with E-state index in [1.54, 1.807) is 0 Å². The fraction of sp³-hybridized carbons (Fsp3) is 0.250. The molecule has 0 unspecified atom stereocenters. The number of rotatable bonds is 2. The molecule has 0 spiro atoms. The molecule has 4 rings (SSSR count). The summed E-state index contributed by atoms with van der Waals surface area (Å²) >= 11 is 0. The van der Waals surface area contributed by atoms with Crippen molar-refractivity contribution in [3.8, 4) is 11.3 Å². The predicted molar refractivity (Wildman–Crippen MR) is 93.4 cm³/mol. The van der Waals surface area contributed by atoms with Crippen LogP contribution in [-0.2, 0) is 7.05 Å². The first-order valence-electron chi connectivity index (χ1n) is 8.04. The van der Waals surface area contributed by atoms with Crippen molar-refractivity contribution in [2.24, 2.45) is 7.05 Å². The minimum Gasteiger partial charge on any atom is -0.455 e. The van der Waals surface area contributed by atoms with Gasteiger partial charge >= 0.3 is 0 Å². The number of nitrogens with zero attached hydrogens (tertiary/aromatic N) is 2. The highest BCUT2D eigenvalue weighted by Crippen LogP contribution is 2.37. The van der Waals surface area contributed by atoms with Gasteiger partial charge in [0.2, 0.25) is 6.33 Å². The molecule has 3 heteroatoms. The number of aromatic nitrogens is 2. The molecule has 116 valence electrons. The first-order chi connectivity index (χ1) is 11.1. The van der Waals surface area contributed by atoms with Gasteiger partial charge in [-0.05, 0) is 32.4 Å². The van der Waals surface area contributed by atoms with E-state index in [1.165, 1.54) is 27.6 Å². The standard InChI is InChI=1S/C20H21N2O/c1-13(2)22-11-17(21(4)12-22)19-14(3)9-10-16-15-7-5-6-8-18(15)23-20(16)19/h5-13H,1-4H3/q+1. The number of benzene rings is 2. The van der Waals surface area contributed by atoms with Crippen LogP contribution < -0.4 is 4.57 Å². The Kier molecular flexibility index (Phi) is 3.05. The molecule has 2 aromatic heterocycles. The van der Waals surface area contributed by atoms with Gasteiger partial charge in [0, 0.05) is 10.8 Å². The first-order valence-corrected chi connectivity index (χ1v) is 8.04. The third kappa shape index (κ3) is 2.07. The Morgan fingerprint density at radius 2 is 1.83 bits per heavy atom. The molecule has 0 atom stereocenters. The molecule has 0 aliphatic carbocycles. The fourth-order valence-electron chi connectivity index (χ4n) is 3.26. The molecule has 0 bridgehead atoms. The van der Waals surface area contributed by atoms with Crippen molar-refractivity contribution in [2.45, 2.75) is 26.8 Å². The van der Waals surface area contributed by atoms with Gasteiger partial charge in [-0.15, -0.1) is 0 Å². The van der Waals surface area contributed by atoms with Crippen LogP contribution >= 0.6 is 0 Å². The summed E-state index contributed by atoms with van der Waals surface area (Å²) in [6.07, 6.45) is 4.35. The molecule has 0 saturated carbocycles. The van der Waals surface area contributed by atoms with E-state index >= 15 is 0 Å². The lowest BCUT2D eigenvalue weighted by Gasteiger charge is -2.03. The normalized spacial score (nSPS) is 11.9. The lowest BCUT2D eigenvalue weighted by molar-refractivity contribution is -0.715. The second kappa shape index (κ2) is 4.98. The highest BCUT2D eigenvalue weighted by Gasteiger charge is 2.21. The van der Waals surface area contributed by atoms with Crippen molar-refractivity contribution in [3.63, 3.8) is 0 Å². The summed E-state index contributed by atoms with van der Waals surface area (Å²) in [4.78, 5) is 0. The molecule has 0 N–H and O–H groups in total. The zero-order valence-corrected chi connectivity index (χ0v) is 14.0. The minimum atomic E-state index is 0.435. The number of furan rings is 1. The first kappa shape index (κ1) is 14.1. The van der Waals surface area contributed by atoms with E-state index in [0.29, 0.717) is 6.04 Å². The van der Waals surface area contributed by atoms with Crippen molar-refractivity contribution >= 4 is 21.9 Å². The Labute approximate surface area is 135 Å². The van der Waals surface area contributed by atoms with Crippen LogP contribution in [0.25, 0.3) is 33.2 Å². The summed E-state index contributed by atoms with van der Waals surface area (Å²) in [5, 5.41) is 2.35. The Balaban J connectivity index is 2.08. The molecule has 4 aromatic rings.